The third-order valence-corrected chi connectivity index (χ3v) is 5.22. The lowest BCUT2D eigenvalue weighted by atomic mass is 10.1. The standard InChI is InChI=1S/C19H22FN7O/c1-12-14(13(2)27-19(22-12)23-18(21)24-27)11-17(28)26-9-7-25(8-10-26)16-6-4-3-5-15(16)20/h3-6H,7-11H2,1-2H3,(H2,21,24). The number of nitrogens with two attached hydrogens (primary N) is 1. The van der Waals surface area contributed by atoms with E-state index in [-0.39, 0.29) is 24.1 Å². The SMILES string of the molecule is Cc1nc2nc(N)nn2c(C)c1CC(=O)N1CCN(c2ccccc2F)CC1. The summed E-state index contributed by atoms with van der Waals surface area (Å²) in [5.41, 5.74) is 8.63. The van der Waals surface area contributed by atoms with E-state index in [2.05, 4.69) is 15.1 Å². The maximum atomic E-state index is 14.0. The van der Waals surface area contributed by atoms with E-state index in [1.807, 2.05) is 29.7 Å². The Morgan fingerprint density at radius 1 is 1.14 bits per heavy atom. The molecule has 0 aliphatic carbocycles. The van der Waals surface area contributed by atoms with E-state index in [4.69, 9.17) is 5.73 Å². The average molecular weight is 383 g/mol. The second-order valence-electron chi connectivity index (χ2n) is 6.94. The van der Waals surface area contributed by atoms with Crippen molar-refractivity contribution >= 4 is 23.3 Å². The number of amides is 1. The normalized spacial score (nSPS) is 14.7. The van der Waals surface area contributed by atoms with Crippen LogP contribution in [-0.2, 0) is 11.2 Å². The molecule has 146 valence electrons. The number of anilines is 2. The minimum Gasteiger partial charge on any atom is -0.366 e. The number of carbonyl (C=O) groups is 1. The number of carbonyl (C=O) groups excluding carboxylic acids is 1. The first-order valence-corrected chi connectivity index (χ1v) is 9.19. The number of halogens is 1. The third kappa shape index (κ3) is 3.23. The number of piperazine rings is 1. The molecule has 0 unspecified atom stereocenters. The van der Waals surface area contributed by atoms with Crippen LogP contribution in [0.2, 0.25) is 0 Å². The molecule has 9 heteroatoms. The van der Waals surface area contributed by atoms with Gasteiger partial charge in [0.2, 0.25) is 11.9 Å². The lowest BCUT2D eigenvalue weighted by Gasteiger charge is -2.36. The van der Waals surface area contributed by atoms with Gasteiger partial charge in [-0.05, 0) is 26.0 Å². The summed E-state index contributed by atoms with van der Waals surface area (Å²) in [6.07, 6.45) is 0.236. The molecule has 28 heavy (non-hydrogen) atoms. The van der Waals surface area contributed by atoms with Gasteiger partial charge in [-0.15, -0.1) is 5.10 Å². The Hall–Kier alpha value is -3.23. The molecular formula is C19H22FN7O. The Labute approximate surface area is 161 Å². The van der Waals surface area contributed by atoms with Crippen LogP contribution in [0.15, 0.2) is 24.3 Å². The van der Waals surface area contributed by atoms with Gasteiger partial charge in [0.25, 0.3) is 5.78 Å². The summed E-state index contributed by atoms with van der Waals surface area (Å²) in [6.45, 7) is 6.04. The smallest absolute Gasteiger partial charge is 0.254 e. The summed E-state index contributed by atoms with van der Waals surface area (Å²) in [5, 5.41) is 4.14. The lowest BCUT2D eigenvalue weighted by Crippen LogP contribution is -2.49. The van der Waals surface area contributed by atoms with Gasteiger partial charge in [-0.2, -0.15) is 9.50 Å². The highest BCUT2D eigenvalue weighted by Gasteiger charge is 2.24. The van der Waals surface area contributed by atoms with Crippen LogP contribution >= 0.6 is 0 Å². The first-order valence-electron chi connectivity index (χ1n) is 9.19. The average Bonchev–Trinajstić information content (AvgIpc) is 3.06. The van der Waals surface area contributed by atoms with Gasteiger partial charge in [-0.3, -0.25) is 4.79 Å². The number of hydrogen-bond donors (Lipinski definition) is 1. The number of benzene rings is 1. The van der Waals surface area contributed by atoms with Gasteiger partial charge in [-0.1, -0.05) is 12.1 Å². The molecule has 0 atom stereocenters. The molecule has 3 aromatic rings. The zero-order valence-corrected chi connectivity index (χ0v) is 15.9. The maximum absolute atomic E-state index is 14.0. The van der Waals surface area contributed by atoms with Gasteiger partial charge in [0, 0.05) is 43.1 Å². The van der Waals surface area contributed by atoms with Crippen molar-refractivity contribution in [1.29, 1.82) is 0 Å². The topological polar surface area (TPSA) is 92.6 Å². The zero-order chi connectivity index (χ0) is 19.8. The van der Waals surface area contributed by atoms with Gasteiger partial charge < -0.3 is 15.5 Å². The van der Waals surface area contributed by atoms with Crippen LogP contribution in [0.4, 0.5) is 16.0 Å². The molecule has 1 aromatic carbocycles. The number of fused-ring (bicyclic) bond motifs is 1. The van der Waals surface area contributed by atoms with Crippen LogP contribution < -0.4 is 10.6 Å². The molecule has 8 nitrogen and oxygen atoms in total. The van der Waals surface area contributed by atoms with Gasteiger partial charge >= 0.3 is 0 Å². The molecule has 0 spiro atoms. The highest BCUT2D eigenvalue weighted by atomic mass is 19.1. The summed E-state index contributed by atoms with van der Waals surface area (Å²) < 4.78 is 15.6. The quantitative estimate of drug-likeness (QED) is 0.734. The zero-order valence-electron chi connectivity index (χ0n) is 15.9. The molecule has 1 aliphatic rings. The van der Waals surface area contributed by atoms with Crippen molar-refractivity contribution in [3.63, 3.8) is 0 Å². The van der Waals surface area contributed by atoms with Crippen LogP contribution in [0, 0.1) is 19.7 Å². The third-order valence-electron chi connectivity index (χ3n) is 5.22. The van der Waals surface area contributed by atoms with Crippen molar-refractivity contribution in [2.75, 3.05) is 36.8 Å². The fourth-order valence-electron chi connectivity index (χ4n) is 3.65. The highest BCUT2D eigenvalue weighted by Crippen LogP contribution is 2.21. The molecule has 4 rings (SSSR count). The summed E-state index contributed by atoms with van der Waals surface area (Å²) in [6, 6.07) is 6.72. The van der Waals surface area contributed by atoms with Crippen molar-refractivity contribution < 1.29 is 9.18 Å². The van der Waals surface area contributed by atoms with Crippen LogP contribution in [0.5, 0.6) is 0 Å². The number of hydrogen-bond acceptors (Lipinski definition) is 6. The van der Waals surface area contributed by atoms with E-state index >= 15 is 0 Å². The monoisotopic (exact) mass is 383 g/mol. The summed E-state index contributed by atoms with van der Waals surface area (Å²) in [5.74, 6) is 0.374. The Bertz CT molecular complexity index is 1040. The number of nitrogens with zero attached hydrogens (tertiary/aromatic N) is 6. The van der Waals surface area contributed by atoms with Crippen molar-refractivity contribution in [1.82, 2.24) is 24.5 Å². The van der Waals surface area contributed by atoms with Gasteiger partial charge in [0.1, 0.15) is 5.82 Å². The van der Waals surface area contributed by atoms with Crippen LogP contribution in [0.1, 0.15) is 17.0 Å². The Morgan fingerprint density at radius 3 is 2.57 bits per heavy atom. The first kappa shape index (κ1) is 18.1. The minimum atomic E-state index is -0.236. The predicted molar refractivity (Wildman–Crippen MR) is 104 cm³/mol. The fraction of sp³-hybridized carbons (Fsp3) is 0.368. The van der Waals surface area contributed by atoms with Gasteiger partial charge in [0.15, 0.2) is 0 Å². The predicted octanol–water partition coefficient (Wildman–Crippen LogP) is 1.35. The molecule has 0 saturated carbocycles. The lowest BCUT2D eigenvalue weighted by molar-refractivity contribution is -0.130. The Morgan fingerprint density at radius 2 is 1.86 bits per heavy atom. The Balaban J connectivity index is 1.47. The molecule has 1 aliphatic heterocycles. The number of rotatable bonds is 3. The van der Waals surface area contributed by atoms with E-state index in [0.29, 0.717) is 37.6 Å². The van der Waals surface area contributed by atoms with E-state index in [1.54, 1.807) is 16.6 Å². The fourth-order valence-corrected chi connectivity index (χ4v) is 3.65. The molecule has 0 radical (unpaired) electrons. The second-order valence-corrected chi connectivity index (χ2v) is 6.94. The number of nitrogen functional groups attached to an aromatic ring is 1. The number of aryl methyl sites for hydroxylation is 2. The van der Waals surface area contributed by atoms with Crippen molar-refractivity contribution in [3.8, 4) is 0 Å². The molecule has 1 amide bonds. The number of aromatic nitrogens is 4. The molecule has 2 N–H and O–H groups in total. The van der Waals surface area contributed by atoms with Crippen LogP contribution in [0.3, 0.4) is 0 Å². The van der Waals surface area contributed by atoms with E-state index in [0.717, 1.165) is 17.0 Å². The minimum absolute atomic E-state index is 0.0219. The van der Waals surface area contributed by atoms with Crippen LogP contribution in [0.25, 0.3) is 5.78 Å². The van der Waals surface area contributed by atoms with E-state index in [9.17, 15) is 9.18 Å². The first-order chi connectivity index (χ1) is 13.4. The highest BCUT2D eigenvalue weighted by molar-refractivity contribution is 5.79. The molecule has 2 aromatic heterocycles. The van der Waals surface area contributed by atoms with E-state index in [1.165, 1.54) is 6.07 Å². The molecule has 0 bridgehead atoms. The second kappa shape index (κ2) is 7.06. The summed E-state index contributed by atoms with van der Waals surface area (Å²) in [4.78, 5) is 25.1. The van der Waals surface area contributed by atoms with Gasteiger partial charge in [-0.25, -0.2) is 9.37 Å². The van der Waals surface area contributed by atoms with Crippen molar-refractivity contribution in [3.05, 3.63) is 47.0 Å². The Kier molecular flexibility index (Phi) is 4.58. The maximum Gasteiger partial charge on any atom is 0.254 e. The number of para-hydroxylation sites is 1. The molecule has 1 fully saturated rings. The van der Waals surface area contributed by atoms with Gasteiger partial charge in [0.05, 0.1) is 12.1 Å². The van der Waals surface area contributed by atoms with E-state index < -0.39 is 0 Å². The summed E-state index contributed by atoms with van der Waals surface area (Å²) >= 11 is 0. The molecule has 3 heterocycles. The molecular weight excluding hydrogens is 361 g/mol. The largest absolute Gasteiger partial charge is 0.366 e. The van der Waals surface area contributed by atoms with Crippen LogP contribution in [-0.4, -0.2) is 56.6 Å². The van der Waals surface area contributed by atoms with Crippen molar-refractivity contribution in [2.45, 2.75) is 20.3 Å². The van der Waals surface area contributed by atoms with Crippen molar-refractivity contribution in [2.24, 2.45) is 0 Å². The molecule has 1 saturated heterocycles. The summed E-state index contributed by atoms with van der Waals surface area (Å²) in [7, 11) is 0.